The van der Waals surface area contributed by atoms with Gasteiger partial charge < -0.3 is 0 Å². The minimum atomic E-state index is -4.20. The Kier molecular flexibility index (Phi) is 9.73. The third-order valence-corrected chi connectivity index (χ3v) is 11.5. The van der Waals surface area contributed by atoms with Gasteiger partial charge in [0.1, 0.15) is 22.4 Å². The summed E-state index contributed by atoms with van der Waals surface area (Å²) in [6, 6.07) is 9.15. The average Bonchev–Trinajstić information content (AvgIpc) is 3.60. The fraction of sp³-hybridized carbons (Fsp3) is 0.350. The normalized spacial score (nSPS) is 18.2. The number of aromatic nitrogens is 3. The molecular formula is C20H25ClN6O6S4. The second kappa shape index (κ2) is 12.2. The Balaban J connectivity index is 0.00000380. The highest BCUT2D eigenvalue weighted by Crippen LogP contribution is 2.35. The molecule has 2 atom stereocenters. The topological polar surface area (TPSA) is 166 Å². The van der Waals surface area contributed by atoms with Crippen LogP contribution in [0.2, 0.25) is 0 Å². The molecule has 17 heteroatoms. The van der Waals surface area contributed by atoms with E-state index in [1.165, 1.54) is 11.8 Å². The number of amides is 1. The first kappa shape index (κ1) is 29.5. The van der Waals surface area contributed by atoms with Crippen LogP contribution in [0, 0.1) is 0 Å². The molecule has 12 nitrogen and oxygen atoms in total. The van der Waals surface area contributed by atoms with Crippen molar-refractivity contribution in [2.75, 3.05) is 25.4 Å². The summed E-state index contributed by atoms with van der Waals surface area (Å²) >= 11 is 5.36. The predicted molar refractivity (Wildman–Crippen MR) is 143 cm³/mol. The maximum atomic E-state index is 13.7. The molecule has 3 aromatic rings. The van der Waals surface area contributed by atoms with E-state index in [0.717, 1.165) is 19.9 Å². The molecule has 0 spiro atoms. The van der Waals surface area contributed by atoms with Crippen LogP contribution in [-0.2, 0) is 24.8 Å². The SMILES string of the molecule is Cl.O=C(NO)[C@H]1CN(S(=O)(=O)CCC(S)c2ncn[nH]2)CCN1S(=O)(=O)c1sccc1-c1ccccc1. The Morgan fingerprint density at radius 2 is 1.95 bits per heavy atom. The van der Waals surface area contributed by atoms with Crippen LogP contribution in [0.15, 0.2) is 52.3 Å². The van der Waals surface area contributed by atoms with Gasteiger partial charge in [0, 0.05) is 25.2 Å². The highest BCUT2D eigenvalue weighted by Gasteiger charge is 2.44. The van der Waals surface area contributed by atoms with Crippen molar-refractivity contribution in [1.82, 2.24) is 29.3 Å². The Labute approximate surface area is 230 Å². The van der Waals surface area contributed by atoms with E-state index in [0.29, 0.717) is 17.0 Å². The first-order valence-corrected chi connectivity index (χ1v) is 15.2. The van der Waals surface area contributed by atoms with E-state index in [1.807, 2.05) is 6.07 Å². The first-order chi connectivity index (χ1) is 17.1. The zero-order valence-corrected chi connectivity index (χ0v) is 23.3. The largest absolute Gasteiger partial charge is 0.289 e. The third-order valence-electron chi connectivity index (χ3n) is 5.76. The zero-order valence-electron chi connectivity index (χ0n) is 19.2. The lowest BCUT2D eigenvalue weighted by atomic mass is 10.1. The van der Waals surface area contributed by atoms with Crippen LogP contribution in [0.3, 0.4) is 0 Å². The van der Waals surface area contributed by atoms with E-state index in [9.17, 15) is 26.8 Å². The lowest BCUT2D eigenvalue weighted by Gasteiger charge is -2.38. The maximum absolute atomic E-state index is 13.7. The van der Waals surface area contributed by atoms with Gasteiger partial charge in [-0.05, 0) is 23.4 Å². The van der Waals surface area contributed by atoms with Crippen LogP contribution in [-0.4, -0.2) is 83.2 Å². The number of piperazine rings is 1. The zero-order chi connectivity index (χ0) is 25.9. The Morgan fingerprint density at radius 1 is 1.22 bits per heavy atom. The number of sulfonamides is 2. The summed E-state index contributed by atoms with van der Waals surface area (Å²) in [4.78, 5) is 16.5. The van der Waals surface area contributed by atoms with Crippen molar-refractivity contribution in [3.05, 3.63) is 53.9 Å². The molecule has 0 aliphatic carbocycles. The van der Waals surface area contributed by atoms with Crippen molar-refractivity contribution in [3.8, 4) is 11.1 Å². The minimum Gasteiger partial charge on any atom is -0.289 e. The quantitative estimate of drug-likeness (QED) is 0.161. The molecule has 37 heavy (non-hydrogen) atoms. The van der Waals surface area contributed by atoms with Gasteiger partial charge >= 0.3 is 0 Å². The molecular weight excluding hydrogens is 584 g/mol. The Hall–Kier alpha value is -2.05. The van der Waals surface area contributed by atoms with Crippen molar-refractivity contribution in [3.63, 3.8) is 0 Å². The van der Waals surface area contributed by atoms with Crippen molar-refractivity contribution in [1.29, 1.82) is 0 Å². The number of hydroxylamine groups is 1. The number of halogens is 1. The van der Waals surface area contributed by atoms with Gasteiger partial charge in [-0.1, -0.05) is 30.3 Å². The first-order valence-electron chi connectivity index (χ1n) is 10.7. The highest BCUT2D eigenvalue weighted by atomic mass is 35.5. The lowest BCUT2D eigenvalue weighted by Crippen LogP contribution is -2.61. The number of H-pyrrole nitrogens is 1. The van der Waals surface area contributed by atoms with Crippen LogP contribution in [0.1, 0.15) is 17.5 Å². The molecule has 0 radical (unpaired) electrons. The van der Waals surface area contributed by atoms with Gasteiger partial charge in [0.25, 0.3) is 15.9 Å². The van der Waals surface area contributed by atoms with Gasteiger partial charge in [-0.2, -0.15) is 26.3 Å². The molecule has 1 unspecified atom stereocenters. The van der Waals surface area contributed by atoms with Crippen LogP contribution in [0.5, 0.6) is 0 Å². The summed E-state index contributed by atoms with van der Waals surface area (Å²) in [6.45, 7) is -0.861. The molecule has 3 heterocycles. The number of rotatable bonds is 9. The summed E-state index contributed by atoms with van der Waals surface area (Å²) in [7, 11) is -8.08. The molecule has 0 bridgehead atoms. The standard InChI is InChI=1S/C20H24N6O6S4.ClH/c27-19(24-28)16-12-25(35(29,30)11-7-17(33)18-21-13-22-23-18)8-9-26(16)36(31,32)20-15(6-10-34-20)14-4-2-1-3-5-14;/h1-6,10,13,16-17,28,33H,7-9,11-12H2,(H,24,27)(H,21,22,23);1H/t16-,17?;/m1./s1. The molecule has 0 saturated carbocycles. The average molecular weight is 609 g/mol. The number of nitrogens with zero attached hydrogens (tertiary/aromatic N) is 4. The number of carbonyl (C=O) groups excluding carboxylic acids is 1. The second-order valence-corrected chi connectivity index (χ2v) is 13.7. The summed E-state index contributed by atoms with van der Waals surface area (Å²) in [5.74, 6) is -0.900. The molecule has 1 aliphatic rings. The van der Waals surface area contributed by atoms with Crippen molar-refractivity contribution in [2.45, 2.75) is 21.9 Å². The fourth-order valence-electron chi connectivity index (χ4n) is 3.91. The number of thiol groups is 1. The van der Waals surface area contributed by atoms with Gasteiger partial charge in [0.05, 0.1) is 11.0 Å². The lowest BCUT2D eigenvalue weighted by molar-refractivity contribution is -0.134. The monoisotopic (exact) mass is 608 g/mol. The second-order valence-electron chi connectivity index (χ2n) is 7.94. The van der Waals surface area contributed by atoms with E-state index in [4.69, 9.17) is 0 Å². The van der Waals surface area contributed by atoms with Crippen LogP contribution in [0.25, 0.3) is 11.1 Å². The third kappa shape index (κ3) is 6.34. The van der Waals surface area contributed by atoms with Gasteiger partial charge in [-0.3, -0.25) is 15.1 Å². The number of hydrogen-bond acceptors (Lipinski definition) is 10. The van der Waals surface area contributed by atoms with Crippen molar-refractivity contribution >= 4 is 62.3 Å². The van der Waals surface area contributed by atoms with Gasteiger partial charge in [-0.25, -0.2) is 27.3 Å². The fourth-order valence-corrected chi connectivity index (χ4v) is 8.93. The summed E-state index contributed by atoms with van der Waals surface area (Å²) < 4.78 is 55.4. The summed E-state index contributed by atoms with van der Waals surface area (Å²) in [6.07, 6.45) is 1.41. The van der Waals surface area contributed by atoms with Crippen molar-refractivity contribution in [2.24, 2.45) is 0 Å². The van der Waals surface area contributed by atoms with Crippen LogP contribution >= 0.6 is 36.4 Å². The number of nitrogens with one attached hydrogen (secondary N) is 2. The number of aromatic amines is 1. The number of carbonyl (C=O) groups is 1. The van der Waals surface area contributed by atoms with Crippen molar-refractivity contribution < 1.29 is 26.8 Å². The van der Waals surface area contributed by atoms with E-state index in [2.05, 4.69) is 27.8 Å². The van der Waals surface area contributed by atoms with Crippen LogP contribution in [0.4, 0.5) is 0 Å². The molecule has 1 fully saturated rings. The van der Waals surface area contributed by atoms with Gasteiger partial charge in [0.15, 0.2) is 0 Å². The van der Waals surface area contributed by atoms with E-state index in [-0.39, 0.29) is 41.9 Å². The molecule has 1 saturated heterocycles. The Morgan fingerprint density at radius 3 is 2.59 bits per heavy atom. The molecule has 4 rings (SSSR count). The predicted octanol–water partition coefficient (Wildman–Crippen LogP) is 1.53. The maximum Gasteiger partial charge on any atom is 0.263 e. The molecule has 1 aliphatic heterocycles. The highest BCUT2D eigenvalue weighted by molar-refractivity contribution is 7.91. The van der Waals surface area contributed by atoms with Gasteiger partial charge in [-0.15, -0.1) is 23.7 Å². The minimum absolute atomic E-state index is 0. The smallest absolute Gasteiger partial charge is 0.263 e. The van der Waals surface area contributed by atoms with E-state index in [1.54, 1.807) is 35.7 Å². The molecule has 1 aromatic carbocycles. The van der Waals surface area contributed by atoms with E-state index >= 15 is 0 Å². The molecule has 2 aromatic heterocycles. The van der Waals surface area contributed by atoms with E-state index < -0.39 is 43.8 Å². The van der Waals surface area contributed by atoms with Crippen LogP contribution < -0.4 is 5.48 Å². The van der Waals surface area contributed by atoms with Gasteiger partial charge in [0.2, 0.25) is 10.0 Å². The molecule has 3 N–H and O–H groups in total. The number of thiophene rings is 1. The number of benzene rings is 1. The number of hydrogen-bond donors (Lipinski definition) is 4. The summed E-state index contributed by atoms with van der Waals surface area (Å²) in [5.41, 5.74) is 2.64. The summed E-state index contributed by atoms with van der Waals surface area (Å²) in [5, 5.41) is 16.8. The molecule has 1 amide bonds. The Bertz CT molecular complexity index is 1400. The molecule has 202 valence electrons.